The molecule has 0 bridgehead atoms. The third-order valence-electron chi connectivity index (χ3n) is 1.76. The van der Waals surface area contributed by atoms with E-state index in [1.807, 2.05) is 12.1 Å². The summed E-state index contributed by atoms with van der Waals surface area (Å²) in [5.74, 6) is 0. The lowest BCUT2D eigenvalue weighted by molar-refractivity contribution is 1.04. The molecule has 0 fully saturated rings. The van der Waals surface area contributed by atoms with Crippen LogP contribution >= 0.6 is 15.9 Å². The molecule has 2 aromatic rings. The van der Waals surface area contributed by atoms with Crippen LogP contribution in [-0.2, 0) is 6.54 Å². The fourth-order valence-corrected chi connectivity index (χ4v) is 1.29. The minimum Gasteiger partial charge on any atom is -0.377 e. The average Bonchev–Trinajstić information content (AvgIpc) is 2.70. The van der Waals surface area contributed by atoms with Gasteiger partial charge in [0.05, 0.1) is 24.1 Å². The Balaban J connectivity index is 1.95. The van der Waals surface area contributed by atoms with Gasteiger partial charge in [-0.15, -0.1) is 0 Å². The van der Waals surface area contributed by atoms with Gasteiger partial charge in [-0.2, -0.15) is 5.10 Å². The van der Waals surface area contributed by atoms with Gasteiger partial charge < -0.3 is 5.32 Å². The molecule has 0 aromatic carbocycles. The number of hydrogen-bond donors (Lipinski definition) is 2. The number of hydrogen-bond acceptors (Lipinski definition) is 3. The molecule has 0 radical (unpaired) electrons. The van der Waals surface area contributed by atoms with E-state index in [4.69, 9.17) is 0 Å². The molecule has 5 heteroatoms. The average molecular weight is 253 g/mol. The molecule has 0 saturated heterocycles. The van der Waals surface area contributed by atoms with Crippen LogP contribution in [0.3, 0.4) is 0 Å². The number of pyridine rings is 1. The molecule has 72 valence electrons. The van der Waals surface area contributed by atoms with E-state index >= 15 is 0 Å². The van der Waals surface area contributed by atoms with Crippen molar-refractivity contribution in [1.82, 2.24) is 15.2 Å². The highest BCUT2D eigenvalue weighted by atomic mass is 79.9. The van der Waals surface area contributed by atoms with Crippen LogP contribution in [0.25, 0.3) is 0 Å². The van der Waals surface area contributed by atoms with Crippen molar-refractivity contribution in [2.24, 2.45) is 0 Å². The van der Waals surface area contributed by atoms with E-state index in [2.05, 4.69) is 36.4 Å². The van der Waals surface area contributed by atoms with Crippen LogP contribution in [0.1, 0.15) is 5.69 Å². The van der Waals surface area contributed by atoms with Gasteiger partial charge in [-0.25, -0.2) is 0 Å². The first-order valence-corrected chi connectivity index (χ1v) is 4.97. The third-order valence-corrected chi connectivity index (χ3v) is 2.23. The molecule has 0 aliphatic rings. The number of rotatable bonds is 3. The Kier molecular flexibility index (Phi) is 2.78. The second-order valence-corrected chi connectivity index (χ2v) is 3.72. The van der Waals surface area contributed by atoms with Gasteiger partial charge in [0.25, 0.3) is 0 Å². The molecular weight excluding hydrogens is 244 g/mol. The Morgan fingerprint density at radius 2 is 2.29 bits per heavy atom. The molecule has 0 amide bonds. The first-order chi connectivity index (χ1) is 6.84. The van der Waals surface area contributed by atoms with Gasteiger partial charge in [-0.05, 0) is 28.1 Å². The molecule has 0 aliphatic carbocycles. The molecule has 0 aliphatic heterocycles. The number of aromatic amines is 1. The van der Waals surface area contributed by atoms with Gasteiger partial charge >= 0.3 is 0 Å². The summed E-state index contributed by atoms with van der Waals surface area (Å²) in [6.07, 6.45) is 5.32. The number of nitrogens with zero attached hydrogens (tertiary/aromatic N) is 2. The number of aromatic nitrogens is 3. The Hall–Kier alpha value is -1.36. The summed E-state index contributed by atoms with van der Waals surface area (Å²) in [6, 6.07) is 3.94. The minimum absolute atomic E-state index is 0.701. The van der Waals surface area contributed by atoms with Gasteiger partial charge in [-0.1, -0.05) is 0 Å². The van der Waals surface area contributed by atoms with Crippen LogP contribution in [-0.4, -0.2) is 15.2 Å². The van der Waals surface area contributed by atoms with Crippen molar-refractivity contribution in [3.05, 3.63) is 40.9 Å². The summed E-state index contributed by atoms with van der Waals surface area (Å²) in [5.41, 5.74) is 1.96. The zero-order valence-corrected chi connectivity index (χ0v) is 8.95. The van der Waals surface area contributed by atoms with E-state index in [0.29, 0.717) is 6.54 Å². The first-order valence-electron chi connectivity index (χ1n) is 4.18. The standard InChI is InChI=1S/C9H9BrN4/c10-7-1-2-8(11-3-7)4-12-9-5-13-14-6-9/h1-3,5-6,12H,4H2,(H,13,14). The maximum Gasteiger partial charge on any atom is 0.0726 e. The number of halogens is 1. The molecule has 0 unspecified atom stereocenters. The Bertz CT molecular complexity index is 382. The van der Waals surface area contributed by atoms with E-state index in [0.717, 1.165) is 15.9 Å². The van der Waals surface area contributed by atoms with Gasteiger partial charge in [0.1, 0.15) is 0 Å². The minimum atomic E-state index is 0.701. The zero-order valence-electron chi connectivity index (χ0n) is 7.37. The molecule has 2 rings (SSSR count). The molecule has 0 spiro atoms. The van der Waals surface area contributed by atoms with Gasteiger partial charge in [0, 0.05) is 16.9 Å². The topological polar surface area (TPSA) is 53.6 Å². The predicted octanol–water partition coefficient (Wildman–Crippen LogP) is 2.18. The molecule has 2 aromatic heterocycles. The Morgan fingerprint density at radius 3 is 2.93 bits per heavy atom. The first kappa shape index (κ1) is 9.21. The number of nitrogens with one attached hydrogen (secondary N) is 2. The van der Waals surface area contributed by atoms with Gasteiger partial charge in [-0.3, -0.25) is 10.1 Å². The smallest absolute Gasteiger partial charge is 0.0726 e. The molecule has 0 saturated carbocycles. The zero-order chi connectivity index (χ0) is 9.80. The SMILES string of the molecule is Brc1ccc(CNc2cn[nH]c2)nc1. The predicted molar refractivity (Wildman–Crippen MR) is 57.9 cm³/mol. The molecule has 14 heavy (non-hydrogen) atoms. The second-order valence-electron chi connectivity index (χ2n) is 2.81. The molecule has 2 N–H and O–H groups in total. The highest BCUT2D eigenvalue weighted by Crippen LogP contribution is 2.09. The molecule has 0 atom stereocenters. The lowest BCUT2D eigenvalue weighted by atomic mass is 10.3. The Morgan fingerprint density at radius 1 is 1.36 bits per heavy atom. The highest BCUT2D eigenvalue weighted by Gasteiger charge is 1.95. The summed E-state index contributed by atoms with van der Waals surface area (Å²) >= 11 is 3.34. The van der Waals surface area contributed by atoms with Crippen molar-refractivity contribution >= 4 is 21.6 Å². The largest absolute Gasteiger partial charge is 0.377 e. The van der Waals surface area contributed by atoms with Gasteiger partial charge in [0.15, 0.2) is 0 Å². The maximum absolute atomic E-state index is 4.24. The lowest BCUT2D eigenvalue weighted by Gasteiger charge is -2.02. The third kappa shape index (κ3) is 2.32. The summed E-state index contributed by atoms with van der Waals surface area (Å²) in [5, 5.41) is 9.76. The summed E-state index contributed by atoms with van der Waals surface area (Å²) in [7, 11) is 0. The summed E-state index contributed by atoms with van der Waals surface area (Å²) in [6.45, 7) is 0.701. The van der Waals surface area contributed by atoms with E-state index in [1.165, 1.54) is 0 Å². The van der Waals surface area contributed by atoms with Crippen LogP contribution in [0.2, 0.25) is 0 Å². The van der Waals surface area contributed by atoms with Crippen molar-refractivity contribution in [2.75, 3.05) is 5.32 Å². The van der Waals surface area contributed by atoms with Gasteiger partial charge in [0.2, 0.25) is 0 Å². The second kappa shape index (κ2) is 4.23. The summed E-state index contributed by atoms with van der Waals surface area (Å²) < 4.78 is 0.990. The monoisotopic (exact) mass is 252 g/mol. The van der Waals surface area contributed by atoms with E-state index in [-0.39, 0.29) is 0 Å². The van der Waals surface area contributed by atoms with E-state index in [9.17, 15) is 0 Å². The normalized spacial score (nSPS) is 10.1. The van der Waals surface area contributed by atoms with Crippen LogP contribution in [0, 0.1) is 0 Å². The van der Waals surface area contributed by atoms with Crippen molar-refractivity contribution in [2.45, 2.75) is 6.54 Å². The van der Waals surface area contributed by atoms with Crippen LogP contribution in [0.4, 0.5) is 5.69 Å². The molecule has 4 nitrogen and oxygen atoms in total. The molecular formula is C9H9BrN4. The Labute approximate surface area is 89.9 Å². The van der Waals surface area contributed by atoms with E-state index in [1.54, 1.807) is 18.6 Å². The van der Waals surface area contributed by atoms with Crippen LogP contribution < -0.4 is 5.32 Å². The van der Waals surface area contributed by atoms with Crippen LogP contribution in [0.5, 0.6) is 0 Å². The quantitative estimate of drug-likeness (QED) is 0.881. The van der Waals surface area contributed by atoms with Crippen molar-refractivity contribution < 1.29 is 0 Å². The van der Waals surface area contributed by atoms with Crippen LogP contribution in [0.15, 0.2) is 35.2 Å². The summed E-state index contributed by atoms with van der Waals surface area (Å²) in [4.78, 5) is 4.24. The number of H-pyrrole nitrogens is 1. The number of anilines is 1. The van der Waals surface area contributed by atoms with E-state index < -0.39 is 0 Å². The maximum atomic E-state index is 4.24. The van der Waals surface area contributed by atoms with Crippen molar-refractivity contribution in [3.8, 4) is 0 Å². The fourth-order valence-electron chi connectivity index (χ4n) is 1.05. The molecule has 2 heterocycles. The van der Waals surface area contributed by atoms with Crippen molar-refractivity contribution in [1.29, 1.82) is 0 Å². The fraction of sp³-hybridized carbons (Fsp3) is 0.111. The van der Waals surface area contributed by atoms with Crippen molar-refractivity contribution in [3.63, 3.8) is 0 Å². The highest BCUT2D eigenvalue weighted by molar-refractivity contribution is 9.10. The lowest BCUT2D eigenvalue weighted by Crippen LogP contribution is -2.00.